The van der Waals surface area contributed by atoms with Gasteiger partial charge in [0.2, 0.25) is 0 Å². The summed E-state index contributed by atoms with van der Waals surface area (Å²) in [6.45, 7) is 3.62. The number of urea groups is 1. The molecule has 0 aromatic rings. The highest BCUT2D eigenvalue weighted by molar-refractivity contribution is 5.83. The van der Waals surface area contributed by atoms with Gasteiger partial charge >= 0.3 is 12.0 Å². The molecule has 0 aromatic carbocycles. The van der Waals surface area contributed by atoms with Crippen LogP contribution in [0.25, 0.3) is 0 Å². The highest BCUT2D eigenvalue weighted by Crippen LogP contribution is 2.55. The van der Waals surface area contributed by atoms with Gasteiger partial charge in [0.25, 0.3) is 0 Å². The third kappa shape index (κ3) is 2.87. The second-order valence-electron chi connectivity index (χ2n) is 7.86. The minimum Gasteiger partial charge on any atom is -0.480 e. The van der Waals surface area contributed by atoms with Gasteiger partial charge in [-0.15, -0.1) is 0 Å². The van der Waals surface area contributed by atoms with Crippen LogP contribution in [-0.4, -0.2) is 28.7 Å². The predicted molar refractivity (Wildman–Crippen MR) is 78.8 cm³/mol. The Balaban J connectivity index is 1.63. The first-order valence-corrected chi connectivity index (χ1v) is 8.18. The molecule has 0 unspecified atom stereocenters. The maximum absolute atomic E-state index is 12.3. The minimum absolute atomic E-state index is 0.0706. The molecule has 3 N–H and O–H groups in total. The molecule has 4 fully saturated rings. The molecular weight excluding hydrogens is 268 g/mol. The van der Waals surface area contributed by atoms with Gasteiger partial charge in [0.1, 0.15) is 6.04 Å². The Hall–Kier alpha value is -1.26. The SMILES string of the molecule is CC(C)[C@H](NC(=O)NC12CC3CC(CC(C3)C1)C2)C(=O)O. The Kier molecular flexibility index (Phi) is 3.62. The van der Waals surface area contributed by atoms with Crippen molar-refractivity contribution in [3.63, 3.8) is 0 Å². The zero-order chi connectivity index (χ0) is 15.2. The summed E-state index contributed by atoms with van der Waals surface area (Å²) in [7, 11) is 0. The van der Waals surface area contributed by atoms with E-state index in [4.69, 9.17) is 0 Å². The number of carbonyl (C=O) groups excluding carboxylic acids is 1. The third-order valence-electron chi connectivity index (χ3n) is 5.64. The zero-order valence-electron chi connectivity index (χ0n) is 12.9. The maximum atomic E-state index is 12.3. The van der Waals surface area contributed by atoms with Gasteiger partial charge in [-0.05, 0) is 62.2 Å². The summed E-state index contributed by atoms with van der Waals surface area (Å²) in [6.07, 6.45) is 7.20. The average molecular weight is 294 g/mol. The Morgan fingerprint density at radius 2 is 1.52 bits per heavy atom. The van der Waals surface area contributed by atoms with Crippen molar-refractivity contribution in [3.8, 4) is 0 Å². The fourth-order valence-corrected chi connectivity index (χ4v) is 5.20. The first kappa shape index (κ1) is 14.7. The van der Waals surface area contributed by atoms with Crippen molar-refractivity contribution in [2.75, 3.05) is 0 Å². The molecule has 0 aromatic heterocycles. The quantitative estimate of drug-likeness (QED) is 0.745. The van der Waals surface area contributed by atoms with Gasteiger partial charge in [-0.2, -0.15) is 0 Å². The summed E-state index contributed by atoms with van der Waals surface area (Å²) in [6, 6.07) is -1.13. The number of carbonyl (C=O) groups is 2. The first-order valence-electron chi connectivity index (χ1n) is 8.18. The maximum Gasteiger partial charge on any atom is 0.326 e. The number of aliphatic carboxylic acids is 1. The normalized spacial score (nSPS) is 38.3. The van der Waals surface area contributed by atoms with Crippen LogP contribution in [0.3, 0.4) is 0 Å². The van der Waals surface area contributed by atoms with Crippen LogP contribution in [0.5, 0.6) is 0 Å². The molecule has 4 bridgehead atoms. The molecule has 4 saturated carbocycles. The van der Waals surface area contributed by atoms with Gasteiger partial charge in [-0.25, -0.2) is 9.59 Å². The van der Waals surface area contributed by atoms with Crippen LogP contribution in [0.1, 0.15) is 52.4 Å². The highest BCUT2D eigenvalue weighted by atomic mass is 16.4. The van der Waals surface area contributed by atoms with E-state index in [1.165, 1.54) is 19.3 Å². The molecule has 21 heavy (non-hydrogen) atoms. The Morgan fingerprint density at radius 3 is 1.90 bits per heavy atom. The summed E-state index contributed by atoms with van der Waals surface area (Å²) in [4.78, 5) is 23.5. The molecular formula is C16H26N2O3. The second kappa shape index (κ2) is 5.18. The lowest BCUT2D eigenvalue weighted by atomic mass is 9.53. The van der Waals surface area contributed by atoms with Crippen molar-refractivity contribution in [3.05, 3.63) is 0 Å². The molecule has 5 heteroatoms. The van der Waals surface area contributed by atoms with E-state index in [-0.39, 0.29) is 17.5 Å². The molecule has 2 amide bonds. The fraction of sp³-hybridized carbons (Fsp3) is 0.875. The minimum atomic E-state index is -0.967. The van der Waals surface area contributed by atoms with Crippen LogP contribution in [0.15, 0.2) is 0 Å². The number of hydrogen-bond acceptors (Lipinski definition) is 2. The van der Waals surface area contributed by atoms with Gasteiger partial charge < -0.3 is 15.7 Å². The number of carboxylic acids is 1. The summed E-state index contributed by atoms with van der Waals surface area (Å²) < 4.78 is 0. The lowest BCUT2D eigenvalue weighted by Crippen LogP contribution is -2.62. The molecule has 1 atom stereocenters. The number of nitrogens with one attached hydrogen (secondary N) is 2. The summed E-state index contributed by atoms with van der Waals surface area (Å²) in [5.41, 5.74) is -0.0706. The molecule has 0 radical (unpaired) electrons. The number of rotatable bonds is 4. The van der Waals surface area contributed by atoms with Crippen LogP contribution < -0.4 is 10.6 Å². The predicted octanol–water partition coefficient (Wildman–Crippen LogP) is 2.36. The van der Waals surface area contributed by atoms with E-state index in [2.05, 4.69) is 10.6 Å². The van der Waals surface area contributed by atoms with Crippen LogP contribution in [-0.2, 0) is 4.79 Å². The summed E-state index contributed by atoms with van der Waals surface area (Å²) >= 11 is 0. The van der Waals surface area contributed by atoms with Gasteiger partial charge in [0.15, 0.2) is 0 Å². The summed E-state index contributed by atoms with van der Waals surface area (Å²) in [5, 5.41) is 15.0. The van der Waals surface area contributed by atoms with Crippen molar-refractivity contribution in [2.45, 2.75) is 64.0 Å². The van der Waals surface area contributed by atoms with Crippen molar-refractivity contribution < 1.29 is 14.7 Å². The standard InChI is InChI=1S/C16H26N2O3/c1-9(2)13(14(19)20)17-15(21)18-16-6-10-3-11(7-16)5-12(4-10)8-16/h9-13H,3-8H2,1-2H3,(H,19,20)(H2,17,18,21)/t10?,11?,12?,13-,16?/m0/s1. The van der Waals surface area contributed by atoms with Crippen molar-refractivity contribution in [2.24, 2.45) is 23.7 Å². The monoisotopic (exact) mass is 294 g/mol. The molecule has 4 rings (SSSR count). The number of amides is 2. The van der Waals surface area contributed by atoms with Gasteiger partial charge in [-0.3, -0.25) is 0 Å². The molecule has 118 valence electrons. The molecule has 0 saturated heterocycles. The smallest absolute Gasteiger partial charge is 0.326 e. The van der Waals surface area contributed by atoms with Gasteiger partial charge in [0.05, 0.1) is 0 Å². The van der Waals surface area contributed by atoms with Crippen LogP contribution in [0, 0.1) is 23.7 Å². The third-order valence-corrected chi connectivity index (χ3v) is 5.64. The molecule has 5 nitrogen and oxygen atoms in total. The Bertz CT molecular complexity index is 412. The van der Waals surface area contributed by atoms with Crippen LogP contribution in [0.4, 0.5) is 4.79 Å². The van der Waals surface area contributed by atoms with Gasteiger partial charge in [0, 0.05) is 5.54 Å². The molecule has 0 aliphatic heterocycles. The number of carboxylic acid groups (broad SMARTS) is 1. The average Bonchev–Trinajstić information content (AvgIpc) is 2.32. The second-order valence-corrected chi connectivity index (χ2v) is 7.86. The van der Waals surface area contributed by atoms with E-state index < -0.39 is 12.0 Å². The lowest BCUT2D eigenvalue weighted by Gasteiger charge is -2.56. The Morgan fingerprint density at radius 1 is 1.05 bits per heavy atom. The molecule has 0 heterocycles. The fourth-order valence-electron chi connectivity index (χ4n) is 5.20. The highest BCUT2D eigenvalue weighted by Gasteiger charge is 2.51. The van der Waals surface area contributed by atoms with Crippen molar-refractivity contribution >= 4 is 12.0 Å². The van der Waals surface area contributed by atoms with Crippen LogP contribution >= 0.6 is 0 Å². The lowest BCUT2D eigenvalue weighted by molar-refractivity contribution is -0.140. The van der Waals surface area contributed by atoms with Crippen molar-refractivity contribution in [1.82, 2.24) is 10.6 Å². The van der Waals surface area contributed by atoms with E-state index in [0.29, 0.717) is 0 Å². The number of hydrogen-bond donors (Lipinski definition) is 3. The zero-order valence-corrected chi connectivity index (χ0v) is 12.9. The van der Waals surface area contributed by atoms with E-state index in [1.807, 2.05) is 13.8 Å². The van der Waals surface area contributed by atoms with Crippen molar-refractivity contribution in [1.29, 1.82) is 0 Å². The largest absolute Gasteiger partial charge is 0.480 e. The Labute approximate surface area is 125 Å². The summed E-state index contributed by atoms with van der Waals surface area (Å²) in [5.74, 6) is 1.20. The van der Waals surface area contributed by atoms with E-state index in [0.717, 1.165) is 37.0 Å². The molecule has 4 aliphatic rings. The van der Waals surface area contributed by atoms with E-state index >= 15 is 0 Å². The first-order chi connectivity index (χ1) is 9.87. The van der Waals surface area contributed by atoms with Gasteiger partial charge in [-0.1, -0.05) is 13.8 Å². The van der Waals surface area contributed by atoms with Crippen LogP contribution in [0.2, 0.25) is 0 Å². The van der Waals surface area contributed by atoms with E-state index in [9.17, 15) is 14.7 Å². The van der Waals surface area contributed by atoms with E-state index in [1.54, 1.807) is 0 Å². The molecule has 4 aliphatic carbocycles. The topological polar surface area (TPSA) is 78.4 Å². The molecule has 0 spiro atoms.